The van der Waals surface area contributed by atoms with E-state index in [9.17, 15) is 14.4 Å². The van der Waals surface area contributed by atoms with Crippen LogP contribution >= 0.6 is 11.6 Å². The lowest BCUT2D eigenvalue weighted by Gasteiger charge is -2.17. The SMILES string of the molecule is CCOC(=O)C(C)c1c(C(=O)Cl)cccc1C(=O)c1ccc(C)cc1. The summed E-state index contributed by atoms with van der Waals surface area (Å²) in [6.07, 6.45) is 0. The minimum absolute atomic E-state index is 0.139. The number of aryl methyl sites for hydroxylation is 1. The predicted molar refractivity (Wildman–Crippen MR) is 96.3 cm³/mol. The maximum Gasteiger partial charge on any atom is 0.313 e. The molecule has 0 aliphatic heterocycles. The molecule has 1 unspecified atom stereocenters. The van der Waals surface area contributed by atoms with Crippen LogP contribution in [0.2, 0.25) is 0 Å². The molecule has 0 aromatic heterocycles. The second kappa shape index (κ2) is 8.08. The Balaban J connectivity index is 2.59. The summed E-state index contributed by atoms with van der Waals surface area (Å²) in [5.74, 6) is -1.57. The standard InChI is InChI=1S/C20H19ClO4/c1-4-25-20(24)13(3)17-15(6-5-7-16(17)19(21)23)18(22)14-10-8-12(2)9-11-14/h5-11,13H,4H2,1-3H3. The van der Waals surface area contributed by atoms with Gasteiger partial charge in [0.2, 0.25) is 0 Å². The number of hydrogen-bond donors (Lipinski definition) is 0. The van der Waals surface area contributed by atoms with E-state index in [-0.39, 0.29) is 23.5 Å². The van der Waals surface area contributed by atoms with Crippen molar-refractivity contribution in [1.82, 2.24) is 0 Å². The third-order valence-corrected chi connectivity index (χ3v) is 4.15. The summed E-state index contributed by atoms with van der Waals surface area (Å²) in [7, 11) is 0. The largest absolute Gasteiger partial charge is 0.466 e. The van der Waals surface area contributed by atoms with Crippen LogP contribution in [-0.4, -0.2) is 23.6 Å². The molecule has 130 valence electrons. The number of carbonyl (C=O) groups excluding carboxylic acids is 3. The van der Waals surface area contributed by atoms with Gasteiger partial charge in [0.1, 0.15) is 0 Å². The van der Waals surface area contributed by atoms with E-state index >= 15 is 0 Å². The zero-order chi connectivity index (χ0) is 18.6. The van der Waals surface area contributed by atoms with Gasteiger partial charge in [0.05, 0.1) is 12.5 Å². The Labute approximate surface area is 151 Å². The van der Waals surface area contributed by atoms with Crippen molar-refractivity contribution in [1.29, 1.82) is 0 Å². The molecule has 0 saturated carbocycles. The second-order valence-corrected chi connectivity index (χ2v) is 6.05. The first-order valence-electron chi connectivity index (χ1n) is 7.97. The van der Waals surface area contributed by atoms with Gasteiger partial charge in [0.25, 0.3) is 5.24 Å². The topological polar surface area (TPSA) is 60.4 Å². The smallest absolute Gasteiger partial charge is 0.313 e. The average Bonchev–Trinajstić information content (AvgIpc) is 2.60. The van der Waals surface area contributed by atoms with Crippen LogP contribution < -0.4 is 0 Å². The van der Waals surface area contributed by atoms with Gasteiger partial charge in [-0.25, -0.2) is 0 Å². The lowest BCUT2D eigenvalue weighted by Crippen LogP contribution is -2.19. The average molecular weight is 359 g/mol. The summed E-state index contributed by atoms with van der Waals surface area (Å²) >= 11 is 5.68. The normalized spacial score (nSPS) is 11.7. The lowest BCUT2D eigenvalue weighted by atomic mass is 9.87. The maximum atomic E-state index is 12.9. The zero-order valence-electron chi connectivity index (χ0n) is 14.3. The van der Waals surface area contributed by atoms with Crippen LogP contribution in [0.1, 0.15) is 57.2 Å². The Bertz CT molecular complexity index is 809. The molecule has 0 fully saturated rings. The van der Waals surface area contributed by atoms with Crippen LogP contribution in [0.15, 0.2) is 42.5 Å². The predicted octanol–water partition coefficient (Wildman–Crippen LogP) is 4.27. The minimum atomic E-state index is -0.789. The quantitative estimate of drug-likeness (QED) is 0.439. The summed E-state index contributed by atoms with van der Waals surface area (Å²) in [6, 6.07) is 11.8. The molecule has 4 nitrogen and oxygen atoms in total. The van der Waals surface area contributed by atoms with Crippen molar-refractivity contribution in [3.8, 4) is 0 Å². The number of esters is 1. The van der Waals surface area contributed by atoms with Crippen molar-refractivity contribution in [2.75, 3.05) is 6.61 Å². The van der Waals surface area contributed by atoms with Crippen LogP contribution in [-0.2, 0) is 9.53 Å². The number of carbonyl (C=O) groups is 3. The first-order valence-corrected chi connectivity index (χ1v) is 8.35. The number of ketones is 1. The molecule has 2 aromatic rings. The zero-order valence-corrected chi connectivity index (χ0v) is 15.1. The van der Waals surface area contributed by atoms with Crippen LogP contribution in [0.4, 0.5) is 0 Å². The van der Waals surface area contributed by atoms with Crippen molar-refractivity contribution < 1.29 is 19.1 Å². The lowest BCUT2D eigenvalue weighted by molar-refractivity contribution is -0.144. The highest BCUT2D eigenvalue weighted by Crippen LogP contribution is 2.28. The number of ether oxygens (including phenoxy) is 1. The Morgan fingerprint density at radius 1 is 1.04 bits per heavy atom. The van der Waals surface area contributed by atoms with Gasteiger partial charge in [-0.1, -0.05) is 42.0 Å². The molecule has 1 atom stereocenters. The summed E-state index contributed by atoms with van der Waals surface area (Å²) in [4.78, 5) is 36.9. The van der Waals surface area contributed by atoms with Crippen LogP contribution in [0, 0.1) is 6.92 Å². The van der Waals surface area contributed by atoms with Gasteiger partial charge >= 0.3 is 5.97 Å². The number of halogens is 1. The van der Waals surface area contributed by atoms with Gasteiger partial charge in [-0.2, -0.15) is 0 Å². The van der Waals surface area contributed by atoms with Crippen molar-refractivity contribution in [3.05, 3.63) is 70.3 Å². The van der Waals surface area contributed by atoms with Gasteiger partial charge in [-0.15, -0.1) is 0 Å². The van der Waals surface area contributed by atoms with Gasteiger partial charge in [0.15, 0.2) is 5.78 Å². The van der Waals surface area contributed by atoms with Crippen molar-refractivity contribution in [3.63, 3.8) is 0 Å². The van der Waals surface area contributed by atoms with Crippen LogP contribution in [0.5, 0.6) is 0 Å². The molecule has 5 heteroatoms. The number of rotatable bonds is 6. The molecule has 2 aromatic carbocycles. The molecule has 0 bridgehead atoms. The van der Waals surface area contributed by atoms with Gasteiger partial charge in [-0.3, -0.25) is 14.4 Å². The highest BCUT2D eigenvalue weighted by atomic mass is 35.5. The molecule has 0 aliphatic rings. The first-order chi connectivity index (χ1) is 11.9. The highest BCUT2D eigenvalue weighted by molar-refractivity contribution is 6.68. The maximum absolute atomic E-state index is 12.9. The Morgan fingerprint density at radius 2 is 1.64 bits per heavy atom. The fourth-order valence-electron chi connectivity index (χ4n) is 2.65. The highest BCUT2D eigenvalue weighted by Gasteiger charge is 2.27. The van der Waals surface area contributed by atoms with E-state index in [1.165, 1.54) is 6.07 Å². The van der Waals surface area contributed by atoms with E-state index in [0.29, 0.717) is 11.1 Å². The van der Waals surface area contributed by atoms with Crippen LogP contribution in [0.25, 0.3) is 0 Å². The monoisotopic (exact) mass is 358 g/mol. The summed E-state index contributed by atoms with van der Waals surface area (Å²) in [5.41, 5.74) is 2.21. The molecular weight excluding hydrogens is 340 g/mol. The van der Waals surface area contributed by atoms with Gasteiger partial charge < -0.3 is 4.74 Å². The van der Waals surface area contributed by atoms with Crippen molar-refractivity contribution in [2.24, 2.45) is 0 Å². The summed E-state index contributed by atoms with van der Waals surface area (Å²) in [6.45, 7) is 5.43. The molecule has 25 heavy (non-hydrogen) atoms. The molecular formula is C20H19ClO4. The Morgan fingerprint density at radius 3 is 2.20 bits per heavy atom. The second-order valence-electron chi connectivity index (χ2n) is 5.71. The third-order valence-electron chi connectivity index (χ3n) is 3.95. The molecule has 0 heterocycles. The van der Waals surface area contributed by atoms with E-state index in [4.69, 9.17) is 16.3 Å². The van der Waals surface area contributed by atoms with Gasteiger partial charge in [-0.05, 0) is 44.0 Å². The summed E-state index contributed by atoms with van der Waals surface area (Å²) in [5, 5.41) is -0.718. The molecule has 0 aliphatic carbocycles. The van der Waals surface area contributed by atoms with Crippen molar-refractivity contribution >= 4 is 28.6 Å². The minimum Gasteiger partial charge on any atom is -0.466 e. The van der Waals surface area contributed by atoms with E-state index in [1.807, 2.05) is 19.1 Å². The molecule has 0 amide bonds. The van der Waals surface area contributed by atoms with Crippen LogP contribution in [0.3, 0.4) is 0 Å². The van der Waals surface area contributed by atoms with Gasteiger partial charge in [0, 0.05) is 16.7 Å². The Hall–Kier alpha value is -2.46. The van der Waals surface area contributed by atoms with E-state index in [0.717, 1.165) is 5.56 Å². The molecule has 0 radical (unpaired) electrons. The first kappa shape index (κ1) is 18.9. The fourth-order valence-corrected chi connectivity index (χ4v) is 2.81. The fraction of sp³-hybridized carbons (Fsp3) is 0.250. The number of hydrogen-bond acceptors (Lipinski definition) is 4. The third kappa shape index (κ3) is 4.15. The summed E-state index contributed by atoms with van der Waals surface area (Å²) < 4.78 is 5.04. The Kier molecular flexibility index (Phi) is 6.10. The van der Waals surface area contributed by atoms with Crippen molar-refractivity contribution in [2.45, 2.75) is 26.7 Å². The van der Waals surface area contributed by atoms with E-state index < -0.39 is 17.1 Å². The molecule has 2 rings (SSSR count). The van der Waals surface area contributed by atoms with E-state index in [1.54, 1.807) is 38.1 Å². The van der Waals surface area contributed by atoms with E-state index in [2.05, 4.69) is 0 Å². The number of benzene rings is 2. The molecule has 0 spiro atoms. The molecule has 0 N–H and O–H groups in total. The molecule has 0 saturated heterocycles.